The average molecular weight is 216 g/mol. The topological polar surface area (TPSA) is 56.0 Å². The molecule has 0 aliphatic rings. The molecule has 80 valence electrons. The maximum Gasteiger partial charge on any atom is 0.153 e. The van der Waals surface area contributed by atoms with Crippen LogP contribution >= 0.6 is 0 Å². The van der Waals surface area contributed by atoms with Gasteiger partial charge in [-0.25, -0.2) is 9.37 Å². The molecule has 3 nitrogen and oxygen atoms in total. The number of anilines is 1. The van der Waals surface area contributed by atoms with Gasteiger partial charge in [-0.05, 0) is 18.2 Å². The average Bonchev–Trinajstić information content (AvgIpc) is 2.31. The van der Waals surface area contributed by atoms with E-state index in [1.807, 2.05) is 0 Å². The van der Waals surface area contributed by atoms with Crippen LogP contribution in [0, 0.1) is 5.82 Å². The third-order valence-corrected chi connectivity index (χ3v) is 2.25. The van der Waals surface area contributed by atoms with Crippen LogP contribution in [0.1, 0.15) is 10.4 Å². The lowest BCUT2D eigenvalue weighted by Gasteiger charge is -2.04. The first-order valence-electron chi connectivity index (χ1n) is 4.68. The normalized spacial score (nSPS) is 10.1. The maximum absolute atomic E-state index is 13.8. The molecule has 1 aromatic carbocycles. The van der Waals surface area contributed by atoms with Gasteiger partial charge in [-0.15, -0.1) is 0 Å². The molecule has 0 spiro atoms. The summed E-state index contributed by atoms with van der Waals surface area (Å²) >= 11 is 0. The fourth-order valence-electron chi connectivity index (χ4n) is 1.43. The van der Waals surface area contributed by atoms with Gasteiger partial charge < -0.3 is 5.73 Å². The summed E-state index contributed by atoms with van der Waals surface area (Å²) in [5.74, 6) is -0.167. The molecule has 1 aromatic heterocycles. The van der Waals surface area contributed by atoms with Crippen molar-refractivity contribution in [2.75, 3.05) is 5.73 Å². The highest BCUT2D eigenvalue weighted by molar-refractivity contribution is 5.79. The van der Waals surface area contributed by atoms with Crippen LogP contribution in [0.5, 0.6) is 0 Å². The predicted octanol–water partition coefficient (Wildman–Crippen LogP) is 2.28. The molecule has 0 saturated heterocycles. The quantitative estimate of drug-likeness (QED) is 0.783. The van der Waals surface area contributed by atoms with Gasteiger partial charge in [0.1, 0.15) is 11.6 Å². The number of carbonyl (C=O) groups excluding carboxylic acids is 1. The fraction of sp³-hybridized carbons (Fsp3) is 0. The number of nitrogens with two attached hydrogens (primary N) is 1. The lowest BCUT2D eigenvalue weighted by Crippen LogP contribution is -1.93. The molecular formula is C12H9FN2O. The highest BCUT2D eigenvalue weighted by Gasteiger charge is 2.09. The van der Waals surface area contributed by atoms with E-state index in [0.717, 1.165) is 0 Å². The summed E-state index contributed by atoms with van der Waals surface area (Å²) < 4.78 is 13.8. The Morgan fingerprint density at radius 3 is 2.69 bits per heavy atom. The van der Waals surface area contributed by atoms with Gasteiger partial charge in [0.15, 0.2) is 6.29 Å². The number of nitrogens with zero attached hydrogens (tertiary/aromatic N) is 1. The zero-order valence-electron chi connectivity index (χ0n) is 8.35. The standard InChI is InChI=1S/C12H9FN2O/c13-12-9(7-16)2-1-3-10(12)8-4-5-11(14)15-6-8/h1-7H,(H2,14,15). The Hall–Kier alpha value is -2.23. The number of benzene rings is 1. The zero-order chi connectivity index (χ0) is 11.5. The van der Waals surface area contributed by atoms with Crippen molar-refractivity contribution in [3.63, 3.8) is 0 Å². The van der Waals surface area contributed by atoms with E-state index in [0.29, 0.717) is 23.2 Å². The number of nitrogen functional groups attached to an aromatic ring is 1. The summed E-state index contributed by atoms with van der Waals surface area (Å²) in [6.07, 6.45) is 1.96. The Kier molecular flexibility index (Phi) is 2.64. The van der Waals surface area contributed by atoms with Crippen LogP contribution < -0.4 is 5.73 Å². The lowest BCUT2D eigenvalue weighted by atomic mass is 10.0. The van der Waals surface area contributed by atoms with Crippen molar-refractivity contribution in [1.82, 2.24) is 4.98 Å². The Morgan fingerprint density at radius 2 is 2.06 bits per heavy atom. The summed E-state index contributed by atoms with van der Waals surface area (Å²) in [5.41, 5.74) is 6.41. The van der Waals surface area contributed by atoms with Crippen molar-refractivity contribution >= 4 is 12.1 Å². The van der Waals surface area contributed by atoms with Crippen molar-refractivity contribution in [3.05, 3.63) is 47.9 Å². The molecule has 2 aromatic rings. The number of aromatic nitrogens is 1. The van der Waals surface area contributed by atoms with E-state index in [9.17, 15) is 9.18 Å². The molecule has 2 rings (SSSR count). The van der Waals surface area contributed by atoms with Crippen molar-refractivity contribution < 1.29 is 9.18 Å². The zero-order valence-corrected chi connectivity index (χ0v) is 8.35. The number of rotatable bonds is 2. The monoisotopic (exact) mass is 216 g/mol. The Labute approximate surface area is 91.7 Å². The Morgan fingerprint density at radius 1 is 1.25 bits per heavy atom. The molecule has 0 bridgehead atoms. The maximum atomic E-state index is 13.8. The molecular weight excluding hydrogens is 207 g/mol. The minimum absolute atomic E-state index is 0.0364. The second kappa shape index (κ2) is 4.10. The van der Waals surface area contributed by atoms with E-state index >= 15 is 0 Å². The van der Waals surface area contributed by atoms with Gasteiger partial charge in [-0.2, -0.15) is 0 Å². The lowest BCUT2D eigenvalue weighted by molar-refractivity contribution is 0.112. The van der Waals surface area contributed by atoms with Crippen LogP contribution in [0.2, 0.25) is 0 Å². The molecule has 16 heavy (non-hydrogen) atoms. The molecule has 1 heterocycles. The summed E-state index contributed by atoms with van der Waals surface area (Å²) in [4.78, 5) is 14.5. The van der Waals surface area contributed by atoms with E-state index in [4.69, 9.17) is 5.73 Å². The van der Waals surface area contributed by atoms with Gasteiger partial charge in [0.05, 0.1) is 5.56 Å². The van der Waals surface area contributed by atoms with Crippen LogP contribution in [0.25, 0.3) is 11.1 Å². The largest absolute Gasteiger partial charge is 0.384 e. The van der Waals surface area contributed by atoms with Crippen LogP contribution in [-0.4, -0.2) is 11.3 Å². The number of hydrogen-bond donors (Lipinski definition) is 1. The first kappa shape index (κ1) is 10.3. The summed E-state index contributed by atoms with van der Waals surface area (Å²) in [6, 6.07) is 7.89. The molecule has 0 radical (unpaired) electrons. The highest BCUT2D eigenvalue weighted by atomic mass is 19.1. The van der Waals surface area contributed by atoms with Gasteiger partial charge in [-0.1, -0.05) is 12.1 Å². The first-order chi connectivity index (χ1) is 7.72. The fourth-order valence-corrected chi connectivity index (χ4v) is 1.43. The van der Waals surface area contributed by atoms with Crippen molar-refractivity contribution in [3.8, 4) is 11.1 Å². The van der Waals surface area contributed by atoms with Crippen LogP contribution in [-0.2, 0) is 0 Å². The van der Waals surface area contributed by atoms with E-state index in [1.54, 1.807) is 24.3 Å². The van der Waals surface area contributed by atoms with E-state index < -0.39 is 5.82 Å². The van der Waals surface area contributed by atoms with Crippen LogP contribution in [0.3, 0.4) is 0 Å². The molecule has 0 aliphatic carbocycles. The molecule has 0 saturated carbocycles. The highest BCUT2D eigenvalue weighted by Crippen LogP contribution is 2.23. The third kappa shape index (κ3) is 1.77. The van der Waals surface area contributed by atoms with E-state index in [1.165, 1.54) is 12.3 Å². The molecule has 2 N–H and O–H groups in total. The molecule has 0 atom stereocenters. The smallest absolute Gasteiger partial charge is 0.153 e. The number of pyridine rings is 1. The van der Waals surface area contributed by atoms with Gasteiger partial charge >= 0.3 is 0 Å². The summed E-state index contributed by atoms with van der Waals surface area (Å²) in [6.45, 7) is 0. The Bertz CT molecular complexity index is 523. The second-order valence-electron chi connectivity index (χ2n) is 3.30. The second-order valence-corrected chi connectivity index (χ2v) is 3.30. The molecule has 0 aliphatic heterocycles. The van der Waals surface area contributed by atoms with Crippen molar-refractivity contribution in [2.45, 2.75) is 0 Å². The van der Waals surface area contributed by atoms with Crippen molar-refractivity contribution in [1.29, 1.82) is 0 Å². The third-order valence-electron chi connectivity index (χ3n) is 2.25. The molecule has 0 fully saturated rings. The van der Waals surface area contributed by atoms with Gasteiger partial charge in [0.25, 0.3) is 0 Å². The molecule has 4 heteroatoms. The molecule has 0 amide bonds. The van der Waals surface area contributed by atoms with Crippen LogP contribution in [0.15, 0.2) is 36.5 Å². The molecule has 0 unspecified atom stereocenters. The minimum Gasteiger partial charge on any atom is -0.384 e. The van der Waals surface area contributed by atoms with E-state index in [2.05, 4.69) is 4.98 Å². The van der Waals surface area contributed by atoms with Gasteiger partial charge in [-0.3, -0.25) is 4.79 Å². The number of aldehydes is 1. The predicted molar refractivity (Wildman–Crippen MR) is 59.4 cm³/mol. The minimum atomic E-state index is -0.538. The van der Waals surface area contributed by atoms with Crippen LogP contribution in [0.4, 0.5) is 10.2 Å². The SMILES string of the molecule is Nc1ccc(-c2cccc(C=O)c2F)cn1. The summed E-state index contributed by atoms with van der Waals surface area (Å²) in [5, 5.41) is 0. The van der Waals surface area contributed by atoms with E-state index in [-0.39, 0.29) is 5.56 Å². The Balaban J connectivity index is 2.56. The summed E-state index contributed by atoms with van der Waals surface area (Å²) in [7, 11) is 0. The van der Waals surface area contributed by atoms with Crippen molar-refractivity contribution in [2.24, 2.45) is 0 Å². The van der Waals surface area contributed by atoms with Gasteiger partial charge in [0.2, 0.25) is 0 Å². The number of hydrogen-bond acceptors (Lipinski definition) is 3. The van der Waals surface area contributed by atoms with Gasteiger partial charge in [0, 0.05) is 17.3 Å². The number of halogens is 1. The number of carbonyl (C=O) groups is 1. The first-order valence-corrected chi connectivity index (χ1v) is 4.68.